The Morgan fingerprint density at radius 2 is 1.80 bits per heavy atom. The number of ether oxygens (including phenoxy) is 2. The first-order valence-electron chi connectivity index (χ1n) is 6.56. The first kappa shape index (κ1) is 13.2. The van der Waals surface area contributed by atoms with Gasteiger partial charge in [-0.1, -0.05) is 11.6 Å². The van der Waals surface area contributed by atoms with Gasteiger partial charge in [0, 0.05) is 17.5 Å². The number of fused-ring (bicyclic) bond motifs is 1. The van der Waals surface area contributed by atoms with Gasteiger partial charge >= 0.3 is 0 Å². The van der Waals surface area contributed by atoms with Gasteiger partial charge in [0.1, 0.15) is 11.0 Å². The molecule has 2 heterocycles. The molecular formula is C15H15ClN2O2. The van der Waals surface area contributed by atoms with Crippen LogP contribution in [0.15, 0.2) is 18.2 Å². The van der Waals surface area contributed by atoms with Crippen molar-refractivity contribution in [2.75, 3.05) is 13.2 Å². The van der Waals surface area contributed by atoms with Crippen LogP contribution >= 0.6 is 11.6 Å². The molecule has 0 radical (unpaired) electrons. The van der Waals surface area contributed by atoms with Gasteiger partial charge < -0.3 is 9.47 Å². The fourth-order valence-electron chi connectivity index (χ4n) is 2.19. The second kappa shape index (κ2) is 5.29. The van der Waals surface area contributed by atoms with Crippen LogP contribution in [0.2, 0.25) is 5.15 Å². The monoisotopic (exact) mass is 290 g/mol. The number of aromatic nitrogens is 2. The van der Waals surface area contributed by atoms with Crippen LogP contribution in [0.4, 0.5) is 0 Å². The largest absolute Gasteiger partial charge is 0.490 e. The summed E-state index contributed by atoms with van der Waals surface area (Å²) in [5.74, 6) is 2.19. The SMILES string of the molecule is Cc1nc(Cl)c(C)c(-c2ccc3c(c2)OCCCO3)n1. The van der Waals surface area contributed by atoms with Gasteiger partial charge in [0.05, 0.1) is 18.9 Å². The summed E-state index contributed by atoms with van der Waals surface area (Å²) in [5.41, 5.74) is 2.66. The normalized spacial score (nSPS) is 13.9. The number of aryl methyl sites for hydroxylation is 1. The third-order valence-electron chi connectivity index (χ3n) is 3.22. The van der Waals surface area contributed by atoms with Crippen LogP contribution < -0.4 is 9.47 Å². The van der Waals surface area contributed by atoms with E-state index in [9.17, 15) is 0 Å². The first-order valence-corrected chi connectivity index (χ1v) is 6.94. The molecule has 2 aromatic rings. The molecule has 20 heavy (non-hydrogen) atoms. The lowest BCUT2D eigenvalue weighted by molar-refractivity contribution is 0.297. The summed E-state index contributed by atoms with van der Waals surface area (Å²) in [6.07, 6.45) is 0.890. The van der Waals surface area contributed by atoms with Gasteiger partial charge in [-0.25, -0.2) is 9.97 Å². The summed E-state index contributed by atoms with van der Waals surface area (Å²) in [5, 5.41) is 0.486. The van der Waals surface area contributed by atoms with Crippen LogP contribution in [0.1, 0.15) is 17.8 Å². The molecule has 0 N–H and O–H groups in total. The van der Waals surface area contributed by atoms with Crippen molar-refractivity contribution >= 4 is 11.6 Å². The predicted molar refractivity (Wildman–Crippen MR) is 77.6 cm³/mol. The summed E-state index contributed by atoms with van der Waals surface area (Å²) in [6, 6.07) is 5.84. The highest BCUT2D eigenvalue weighted by molar-refractivity contribution is 6.30. The van der Waals surface area contributed by atoms with Crippen molar-refractivity contribution in [2.24, 2.45) is 0 Å². The van der Waals surface area contributed by atoms with Crippen molar-refractivity contribution in [2.45, 2.75) is 20.3 Å². The van der Waals surface area contributed by atoms with Gasteiger partial charge in [0.25, 0.3) is 0 Å². The topological polar surface area (TPSA) is 44.2 Å². The summed E-state index contributed by atoms with van der Waals surface area (Å²) in [6.45, 7) is 5.10. The molecule has 0 atom stereocenters. The van der Waals surface area contributed by atoms with E-state index in [1.807, 2.05) is 32.0 Å². The molecule has 0 saturated heterocycles. The Morgan fingerprint density at radius 3 is 2.60 bits per heavy atom. The van der Waals surface area contributed by atoms with Crippen molar-refractivity contribution in [3.8, 4) is 22.8 Å². The minimum absolute atomic E-state index is 0.486. The molecule has 1 aliphatic rings. The zero-order valence-corrected chi connectivity index (χ0v) is 12.2. The highest BCUT2D eigenvalue weighted by Crippen LogP contribution is 2.35. The molecule has 0 spiro atoms. The quantitative estimate of drug-likeness (QED) is 0.753. The second-order valence-electron chi connectivity index (χ2n) is 4.75. The second-order valence-corrected chi connectivity index (χ2v) is 5.11. The maximum Gasteiger partial charge on any atom is 0.161 e. The molecule has 0 saturated carbocycles. The van der Waals surface area contributed by atoms with Gasteiger partial charge in [-0.15, -0.1) is 0 Å². The zero-order chi connectivity index (χ0) is 14.1. The molecule has 3 rings (SSSR count). The Bertz CT molecular complexity index is 659. The molecule has 0 aliphatic carbocycles. The Balaban J connectivity index is 2.09. The first-order chi connectivity index (χ1) is 9.65. The highest BCUT2D eigenvalue weighted by atomic mass is 35.5. The fraction of sp³-hybridized carbons (Fsp3) is 0.333. The average molecular weight is 291 g/mol. The van der Waals surface area contributed by atoms with E-state index in [-0.39, 0.29) is 0 Å². The van der Waals surface area contributed by atoms with Gasteiger partial charge in [0.2, 0.25) is 0 Å². The minimum Gasteiger partial charge on any atom is -0.490 e. The lowest BCUT2D eigenvalue weighted by atomic mass is 10.1. The average Bonchev–Trinajstić information content (AvgIpc) is 2.67. The fourth-order valence-corrected chi connectivity index (χ4v) is 2.40. The summed E-state index contributed by atoms with van der Waals surface area (Å²) in [4.78, 5) is 8.64. The van der Waals surface area contributed by atoms with E-state index in [1.165, 1.54) is 0 Å². The molecule has 0 bridgehead atoms. The molecule has 4 nitrogen and oxygen atoms in total. The van der Waals surface area contributed by atoms with Crippen molar-refractivity contribution in [3.63, 3.8) is 0 Å². The number of hydrogen-bond donors (Lipinski definition) is 0. The molecule has 1 aromatic carbocycles. The number of halogens is 1. The van der Waals surface area contributed by atoms with Crippen LogP contribution in [-0.4, -0.2) is 23.2 Å². The molecular weight excluding hydrogens is 276 g/mol. The van der Waals surface area contributed by atoms with Gasteiger partial charge in [-0.2, -0.15) is 0 Å². The third kappa shape index (κ3) is 2.43. The molecule has 0 fully saturated rings. The van der Waals surface area contributed by atoms with Crippen molar-refractivity contribution < 1.29 is 9.47 Å². The third-order valence-corrected chi connectivity index (χ3v) is 3.59. The Labute approximate surface area is 122 Å². The van der Waals surface area contributed by atoms with E-state index < -0.39 is 0 Å². The zero-order valence-electron chi connectivity index (χ0n) is 11.4. The van der Waals surface area contributed by atoms with E-state index in [0.29, 0.717) is 24.2 Å². The van der Waals surface area contributed by atoms with E-state index in [0.717, 1.165) is 34.7 Å². The molecule has 5 heteroatoms. The van der Waals surface area contributed by atoms with E-state index in [4.69, 9.17) is 21.1 Å². The van der Waals surface area contributed by atoms with Crippen molar-refractivity contribution in [3.05, 3.63) is 34.7 Å². The molecule has 1 aromatic heterocycles. The molecule has 1 aliphatic heterocycles. The van der Waals surface area contributed by atoms with Crippen LogP contribution in [0.3, 0.4) is 0 Å². The molecule has 0 amide bonds. The van der Waals surface area contributed by atoms with Crippen LogP contribution in [0, 0.1) is 13.8 Å². The minimum atomic E-state index is 0.486. The van der Waals surface area contributed by atoms with E-state index in [1.54, 1.807) is 0 Å². The summed E-state index contributed by atoms with van der Waals surface area (Å²) >= 11 is 6.13. The Hall–Kier alpha value is -1.81. The van der Waals surface area contributed by atoms with Gasteiger partial charge in [-0.05, 0) is 32.0 Å². The van der Waals surface area contributed by atoms with Crippen molar-refractivity contribution in [1.29, 1.82) is 0 Å². The molecule has 104 valence electrons. The maximum atomic E-state index is 6.13. The number of benzene rings is 1. The molecule has 0 unspecified atom stereocenters. The summed E-state index contributed by atoms with van der Waals surface area (Å²) < 4.78 is 11.3. The lowest BCUT2D eigenvalue weighted by Crippen LogP contribution is -1.98. The smallest absolute Gasteiger partial charge is 0.161 e. The van der Waals surface area contributed by atoms with Crippen molar-refractivity contribution in [1.82, 2.24) is 9.97 Å². The van der Waals surface area contributed by atoms with Crippen LogP contribution in [0.5, 0.6) is 11.5 Å². The number of hydrogen-bond acceptors (Lipinski definition) is 4. The Morgan fingerprint density at radius 1 is 1.05 bits per heavy atom. The lowest BCUT2D eigenvalue weighted by Gasteiger charge is -2.11. The van der Waals surface area contributed by atoms with Crippen LogP contribution in [-0.2, 0) is 0 Å². The summed E-state index contributed by atoms with van der Waals surface area (Å²) in [7, 11) is 0. The van der Waals surface area contributed by atoms with Crippen LogP contribution in [0.25, 0.3) is 11.3 Å². The predicted octanol–water partition coefficient (Wildman–Crippen LogP) is 3.58. The van der Waals surface area contributed by atoms with Gasteiger partial charge in [-0.3, -0.25) is 0 Å². The number of rotatable bonds is 1. The number of nitrogens with zero attached hydrogens (tertiary/aromatic N) is 2. The standard InChI is InChI=1S/C15H15ClN2O2/c1-9-14(17-10(2)18-15(9)16)11-4-5-12-13(8-11)20-7-3-6-19-12/h4-5,8H,3,6-7H2,1-2H3. The Kier molecular flexibility index (Phi) is 3.49. The highest BCUT2D eigenvalue weighted by Gasteiger charge is 2.15. The van der Waals surface area contributed by atoms with E-state index >= 15 is 0 Å². The maximum absolute atomic E-state index is 6.13. The van der Waals surface area contributed by atoms with E-state index in [2.05, 4.69) is 9.97 Å². The van der Waals surface area contributed by atoms with Gasteiger partial charge in [0.15, 0.2) is 11.5 Å².